The van der Waals surface area contributed by atoms with Gasteiger partial charge >= 0.3 is 0 Å². The topological polar surface area (TPSA) is 42.4 Å². The first-order valence-corrected chi connectivity index (χ1v) is 6.85. The molecule has 0 spiro atoms. The molecule has 4 heteroatoms. The van der Waals surface area contributed by atoms with Gasteiger partial charge in [-0.15, -0.1) is 0 Å². The SMILES string of the molecule is COCc1ccccc1C(O)Cc1ccc(Br)cn1. The Hall–Kier alpha value is -1.23. The number of nitrogens with zero attached hydrogens (tertiary/aromatic N) is 1. The molecule has 100 valence electrons. The van der Waals surface area contributed by atoms with Gasteiger partial charge in [-0.2, -0.15) is 0 Å². The number of pyridine rings is 1. The van der Waals surface area contributed by atoms with E-state index in [2.05, 4.69) is 20.9 Å². The Morgan fingerprint density at radius 1 is 1.26 bits per heavy atom. The molecule has 1 heterocycles. The molecule has 0 radical (unpaired) electrons. The molecule has 1 N–H and O–H groups in total. The molecule has 2 rings (SSSR count). The molecule has 0 amide bonds. The maximum Gasteiger partial charge on any atom is 0.0848 e. The number of ether oxygens (including phenoxy) is 1. The average Bonchev–Trinajstić information content (AvgIpc) is 2.42. The lowest BCUT2D eigenvalue weighted by atomic mass is 9.99. The van der Waals surface area contributed by atoms with Crippen molar-refractivity contribution in [3.8, 4) is 0 Å². The summed E-state index contributed by atoms with van der Waals surface area (Å²) < 4.78 is 6.09. The van der Waals surface area contributed by atoms with E-state index in [0.29, 0.717) is 13.0 Å². The number of hydrogen-bond acceptors (Lipinski definition) is 3. The third-order valence-corrected chi connectivity index (χ3v) is 3.37. The van der Waals surface area contributed by atoms with Crippen molar-refractivity contribution in [1.82, 2.24) is 4.98 Å². The second-order valence-electron chi connectivity index (χ2n) is 4.32. The summed E-state index contributed by atoms with van der Waals surface area (Å²) in [6.45, 7) is 0.501. The molecule has 0 saturated heterocycles. The number of hydrogen-bond donors (Lipinski definition) is 1. The van der Waals surface area contributed by atoms with Gasteiger partial charge in [-0.05, 0) is 39.2 Å². The Kier molecular flexibility index (Phi) is 5.07. The maximum atomic E-state index is 10.3. The first-order chi connectivity index (χ1) is 9.20. The Morgan fingerprint density at radius 3 is 2.74 bits per heavy atom. The van der Waals surface area contributed by atoms with Gasteiger partial charge in [-0.3, -0.25) is 4.98 Å². The number of aliphatic hydroxyl groups excluding tert-OH is 1. The van der Waals surface area contributed by atoms with Crippen molar-refractivity contribution in [3.05, 3.63) is 63.9 Å². The van der Waals surface area contributed by atoms with Crippen molar-refractivity contribution >= 4 is 15.9 Å². The molecule has 0 aliphatic heterocycles. The van der Waals surface area contributed by atoms with Crippen LogP contribution in [0.4, 0.5) is 0 Å². The van der Waals surface area contributed by atoms with Crippen molar-refractivity contribution in [2.75, 3.05) is 7.11 Å². The van der Waals surface area contributed by atoms with E-state index in [9.17, 15) is 5.11 Å². The average molecular weight is 322 g/mol. The van der Waals surface area contributed by atoms with E-state index in [1.54, 1.807) is 13.3 Å². The lowest BCUT2D eigenvalue weighted by molar-refractivity contribution is 0.161. The Balaban J connectivity index is 2.15. The summed E-state index contributed by atoms with van der Waals surface area (Å²) in [6, 6.07) is 11.6. The van der Waals surface area contributed by atoms with Gasteiger partial charge < -0.3 is 9.84 Å². The van der Waals surface area contributed by atoms with Crippen LogP contribution >= 0.6 is 15.9 Å². The second kappa shape index (κ2) is 6.80. The maximum absolute atomic E-state index is 10.3. The van der Waals surface area contributed by atoms with Crippen LogP contribution in [0, 0.1) is 0 Å². The van der Waals surface area contributed by atoms with Gasteiger partial charge in [-0.25, -0.2) is 0 Å². The van der Waals surface area contributed by atoms with Crippen LogP contribution in [-0.4, -0.2) is 17.2 Å². The first kappa shape index (κ1) is 14.2. The smallest absolute Gasteiger partial charge is 0.0848 e. The molecule has 19 heavy (non-hydrogen) atoms. The fourth-order valence-corrected chi connectivity index (χ4v) is 2.22. The monoisotopic (exact) mass is 321 g/mol. The molecule has 0 saturated carbocycles. The van der Waals surface area contributed by atoms with Gasteiger partial charge in [0.15, 0.2) is 0 Å². The van der Waals surface area contributed by atoms with E-state index in [-0.39, 0.29) is 0 Å². The van der Waals surface area contributed by atoms with E-state index < -0.39 is 6.10 Å². The fraction of sp³-hybridized carbons (Fsp3) is 0.267. The van der Waals surface area contributed by atoms with Crippen molar-refractivity contribution < 1.29 is 9.84 Å². The zero-order chi connectivity index (χ0) is 13.7. The van der Waals surface area contributed by atoms with Gasteiger partial charge in [0.2, 0.25) is 0 Å². The highest BCUT2D eigenvalue weighted by atomic mass is 79.9. The Bertz CT molecular complexity index is 528. The number of aliphatic hydroxyl groups is 1. The van der Waals surface area contributed by atoms with Gasteiger partial charge in [0.05, 0.1) is 12.7 Å². The summed E-state index contributed by atoms with van der Waals surface area (Å²) in [7, 11) is 1.65. The van der Waals surface area contributed by atoms with Crippen molar-refractivity contribution in [1.29, 1.82) is 0 Å². The number of benzene rings is 1. The highest BCUT2D eigenvalue weighted by molar-refractivity contribution is 9.10. The summed E-state index contributed by atoms with van der Waals surface area (Å²) in [4.78, 5) is 4.28. The van der Waals surface area contributed by atoms with Crippen LogP contribution in [0.3, 0.4) is 0 Å². The minimum absolute atomic E-state index is 0.494. The summed E-state index contributed by atoms with van der Waals surface area (Å²) in [6.07, 6.45) is 1.66. The van der Waals surface area contributed by atoms with Crippen LogP contribution in [0.1, 0.15) is 22.9 Å². The third-order valence-electron chi connectivity index (χ3n) is 2.91. The van der Waals surface area contributed by atoms with E-state index >= 15 is 0 Å². The summed E-state index contributed by atoms with van der Waals surface area (Å²) >= 11 is 3.35. The normalized spacial score (nSPS) is 12.4. The largest absolute Gasteiger partial charge is 0.388 e. The van der Waals surface area contributed by atoms with E-state index in [4.69, 9.17) is 4.74 Å². The van der Waals surface area contributed by atoms with E-state index in [0.717, 1.165) is 21.3 Å². The van der Waals surface area contributed by atoms with E-state index in [1.165, 1.54) is 0 Å². The van der Waals surface area contributed by atoms with Gasteiger partial charge in [-0.1, -0.05) is 24.3 Å². The zero-order valence-electron chi connectivity index (χ0n) is 10.7. The number of rotatable bonds is 5. The van der Waals surface area contributed by atoms with Crippen LogP contribution in [0.2, 0.25) is 0 Å². The van der Waals surface area contributed by atoms with Crippen LogP contribution < -0.4 is 0 Å². The van der Waals surface area contributed by atoms with Crippen molar-refractivity contribution in [2.24, 2.45) is 0 Å². The lowest BCUT2D eigenvalue weighted by Crippen LogP contribution is -2.07. The first-order valence-electron chi connectivity index (χ1n) is 6.06. The lowest BCUT2D eigenvalue weighted by Gasteiger charge is -2.15. The van der Waals surface area contributed by atoms with Gasteiger partial charge in [0.25, 0.3) is 0 Å². The molecular formula is C15H16BrNO2. The number of halogens is 1. The molecule has 2 aromatic rings. The quantitative estimate of drug-likeness (QED) is 0.919. The standard InChI is InChI=1S/C15H16BrNO2/c1-19-10-11-4-2-3-5-14(11)15(18)8-13-7-6-12(16)9-17-13/h2-7,9,15,18H,8,10H2,1H3. The minimum atomic E-state index is -0.569. The number of methoxy groups -OCH3 is 1. The van der Waals surface area contributed by atoms with Crippen LogP contribution in [0.5, 0.6) is 0 Å². The predicted molar refractivity (Wildman–Crippen MR) is 77.8 cm³/mol. The second-order valence-corrected chi connectivity index (χ2v) is 5.24. The molecule has 0 aliphatic carbocycles. The van der Waals surface area contributed by atoms with Crippen molar-refractivity contribution in [2.45, 2.75) is 19.1 Å². The molecule has 0 bridgehead atoms. The summed E-state index contributed by atoms with van der Waals surface area (Å²) in [5.41, 5.74) is 2.77. The van der Waals surface area contributed by atoms with E-state index in [1.807, 2.05) is 36.4 Å². The molecule has 0 fully saturated rings. The highest BCUT2D eigenvalue weighted by Gasteiger charge is 2.13. The van der Waals surface area contributed by atoms with Crippen molar-refractivity contribution in [3.63, 3.8) is 0 Å². The predicted octanol–water partition coefficient (Wildman–Crippen LogP) is 3.27. The Labute approximate surface area is 121 Å². The van der Waals surface area contributed by atoms with Crippen LogP contribution in [-0.2, 0) is 17.8 Å². The zero-order valence-corrected chi connectivity index (χ0v) is 12.3. The molecule has 1 atom stereocenters. The number of aromatic nitrogens is 1. The van der Waals surface area contributed by atoms with Crippen LogP contribution in [0.15, 0.2) is 47.1 Å². The molecule has 3 nitrogen and oxygen atoms in total. The summed E-state index contributed by atoms with van der Waals surface area (Å²) in [5.74, 6) is 0. The molecule has 1 aromatic heterocycles. The van der Waals surface area contributed by atoms with Crippen LogP contribution in [0.25, 0.3) is 0 Å². The minimum Gasteiger partial charge on any atom is -0.388 e. The third kappa shape index (κ3) is 3.86. The molecule has 1 unspecified atom stereocenters. The highest BCUT2D eigenvalue weighted by Crippen LogP contribution is 2.22. The van der Waals surface area contributed by atoms with Gasteiger partial charge in [0.1, 0.15) is 0 Å². The molecule has 1 aromatic carbocycles. The van der Waals surface area contributed by atoms with Gasteiger partial charge in [0, 0.05) is 29.9 Å². The fourth-order valence-electron chi connectivity index (χ4n) is 1.98. The molecular weight excluding hydrogens is 306 g/mol. The Morgan fingerprint density at radius 2 is 2.05 bits per heavy atom. The summed E-state index contributed by atoms with van der Waals surface area (Å²) in [5, 5.41) is 10.3. The molecule has 0 aliphatic rings.